The molecule has 0 amide bonds. The molecule has 0 atom stereocenters. The zero-order valence-electron chi connectivity index (χ0n) is 15.1. The van der Waals surface area contributed by atoms with Gasteiger partial charge in [0.2, 0.25) is 0 Å². The first-order chi connectivity index (χ1) is 11.7. The third-order valence-electron chi connectivity index (χ3n) is 4.45. The third kappa shape index (κ3) is 3.69. The molecule has 0 radical (unpaired) electrons. The summed E-state index contributed by atoms with van der Waals surface area (Å²) >= 11 is 0. The summed E-state index contributed by atoms with van der Waals surface area (Å²) in [5.41, 5.74) is 1.69. The van der Waals surface area contributed by atoms with Gasteiger partial charge in [-0.3, -0.25) is 4.79 Å². The summed E-state index contributed by atoms with van der Waals surface area (Å²) in [5, 5.41) is 9.88. The van der Waals surface area contributed by atoms with E-state index in [1.807, 2.05) is 6.92 Å². The maximum atomic E-state index is 12.6. The van der Waals surface area contributed by atoms with Crippen LogP contribution in [0, 0.1) is 17.8 Å². The fourth-order valence-electron chi connectivity index (χ4n) is 2.96. The number of fused-ring (bicyclic) bond motifs is 1. The Balaban J connectivity index is 2.06. The molecule has 3 rings (SSSR count). The first kappa shape index (κ1) is 17.5. The monoisotopic (exact) mass is 341 g/mol. The molecule has 0 aromatic carbocycles. The predicted octanol–water partition coefficient (Wildman–Crippen LogP) is 1.79. The fraction of sp³-hybridized carbons (Fsp3) is 0.500. The van der Waals surface area contributed by atoms with E-state index in [2.05, 4.69) is 11.8 Å². The Morgan fingerprint density at radius 3 is 2.72 bits per heavy atom. The second-order valence-corrected chi connectivity index (χ2v) is 7.50. The Hall–Kier alpha value is -2.32. The Bertz CT molecular complexity index is 883. The molecule has 0 bridgehead atoms. The van der Waals surface area contributed by atoms with E-state index in [9.17, 15) is 14.7 Å². The van der Waals surface area contributed by atoms with E-state index in [-0.39, 0.29) is 11.5 Å². The van der Waals surface area contributed by atoms with E-state index in [1.165, 1.54) is 4.57 Å². The fourth-order valence-corrected chi connectivity index (χ4v) is 2.96. The van der Waals surface area contributed by atoms with Crippen molar-refractivity contribution in [3.8, 4) is 11.8 Å². The summed E-state index contributed by atoms with van der Waals surface area (Å²) in [4.78, 5) is 25.1. The van der Waals surface area contributed by atoms with Gasteiger partial charge in [-0.05, 0) is 39.5 Å². The van der Waals surface area contributed by atoms with Crippen molar-refractivity contribution < 1.29 is 14.6 Å². The van der Waals surface area contributed by atoms with Crippen molar-refractivity contribution in [2.24, 2.45) is 13.0 Å². The molecule has 0 spiro atoms. The Kier molecular flexibility index (Phi) is 4.34. The molecular formula is C20H23NO4. The zero-order chi connectivity index (χ0) is 18.4. The minimum absolute atomic E-state index is 0.131. The lowest BCUT2D eigenvalue weighted by Gasteiger charge is -2.12. The number of esters is 1. The minimum Gasteiger partial charge on any atom is -0.462 e. The van der Waals surface area contributed by atoms with Gasteiger partial charge in [0.05, 0.1) is 12.2 Å². The molecule has 1 fully saturated rings. The summed E-state index contributed by atoms with van der Waals surface area (Å²) in [6.07, 6.45) is 4.25. The first-order valence-electron chi connectivity index (χ1n) is 8.52. The number of rotatable bonds is 3. The highest BCUT2D eigenvalue weighted by molar-refractivity contribution is 6.19. The summed E-state index contributed by atoms with van der Waals surface area (Å²) < 4.78 is 6.92. The molecule has 0 saturated heterocycles. The molecule has 132 valence electrons. The zero-order valence-corrected chi connectivity index (χ0v) is 15.1. The van der Waals surface area contributed by atoms with Crippen LogP contribution < -0.4 is 5.56 Å². The van der Waals surface area contributed by atoms with E-state index in [4.69, 9.17) is 4.74 Å². The molecule has 1 saturated carbocycles. The van der Waals surface area contributed by atoms with Gasteiger partial charge in [0, 0.05) is 36.4 Å². The topological polar surface area (TPSA) is 68.5 Å². The standard InChI is InChI=1S/C20H23NO4/c1-12-9-15-17(16(12)19(23)25-11-13-5-6-13)14(7-8-20(2,3)24)10-21(4)18(15)22/h10,13,24H,5-6,9,11H2,1-4H3. The SMILES string of the molecule is CC1=C(C(=O)OCC2CC2)c2c(C#CC(C)(C)O)cn(C)c(=O)c2C1. The highest BCUT2D eigenvalue weighted by atomic mass is 16.5. The quantitative estimate of drug-likeness (QED) is 0.672. The van der Waals surface area contributed by atoms with E-state index in [0.717, 1.165) is 18.4 Å². The van der Waals surface area contributed by atoms with Gasteiger partial charge in [0.15, 0.2) is 0 Å². The van der Waals surface area contributed by atoms with Crippen LogP contribution in [0.4, 0.5) is 0 Å². The van der Waals surface area contributed by atoms with E-state index < -0.39 is 5.60 Å². The van der Waals surface area contributed by atoms with Crippen molar-refractivity contribution in [2.45, 2.75) is 45.6 Å². The average molecular weight is 341 g/mol. The lowest BCUT2D eigenvalue weighted by Crippen LogP contribution is -2.23. The van der Waals surface area contributed by atoms with E-state index in [1.54, 1.807) is 27.1 Å². The summed E-state index contributed by atoms with van der Waals surface area (Å²) in [7, 11) is 1.66. The molecule has 0 unspecified atom stereocenters. The lowest BCUT2D eigenvalue weighted by molar-refractivity contribution is -0.137. The second-order valence-electron chi connectivity index (χ2n) is 7.50. The summed E-state index contributed by atoms with van der Waals surface area (Å²) in [6, 6.07) is 0. The van der Waals surface area contributed by atoms with Crippen LogP contribution in [0.2, 0.25) is 0 Å². The van der Waals surface area contributed by atoms with Crippen molar-refractivity contribution in [1.29, 1.82) is 0 Å². The summed E-state index contributed by atoms with van der Waals surface area (Å²) in [5.74, 6) is 5.79. The van der Waals surface area contributed by atoms with Crippen molar-refractivity contribution in [1.82, 2.24) is 4.57 Å². The Morgan fingerprint density at radius 1 is 1.44 bits per heavy atom. The molecule has 0 aliphatic heterocycles. The van der Waals surface area contributed by atoms with Crippen LogP contribution in [0.1, 0.15) is 50.3 Å². The number of carbonyl (C=O) groups is 1. The first-order valence-corrected chi connectivity index (χ1v) is 8.52. The number of aryl methyl sites for hydroxylation is 1. The lowest BCUT2D eigenvalue weighted by atomic mass is 10.00. The van der Waals surface area contributed by atoms with Crippen molar-refractivity contribution in [3.63, 3.8) is 0 Å². The van der Waals surface area contributed by atoms with Crippen molar-refractivity contribution >= 4 is 11.5 Å². The van der Waals surface area contributed by atoms with Crippen LogP contribution in [-0.4, -0.2) is 27.9 Å². The molecule has 2 aliphatic rings. The van der Waals surface area contributed by atoms with Crippen LogP contribution >= 0.6 is 0 Å². The van der Waals surface area contributed by atoms with E-state index >= 15 is 0 Å². The van der Waals surface area contributed by atoms with E-state index in [0.29, 0.717) is 41.2 Å². The Morgan fingerprint density at radius 2 is 2.12 bits per heavy atom. The van der Waals surface area contributed by atoms with Gasteiger partial charge in [-0.25, -0.2) is 4.79 Å². The van der Waals surface area contributed by atoms with Crippen LogP contribution in [-0.2, 0) is 23.0 Å². The molecule has 5 nitrogen and oxygen atoms in total. The number of hydrogen-bond acceptors (Lipinski definition) is 4. The number of carbonyl (C=O) groups excluding carboxylic acids is 1. The second kappa shape index (κ2) is 6.20. The molecular weight excluding hydrogens is 318 g/mol. The van der Waals surface area contributed by atoms with Gasteiger partial charge < -0.3 is 14.4 Å². The van der Waals surface area contributed by atoms with Gasteiger partial charge in [-0.1, -0.05) is 17.4 Å². The van der Waals surface area contributed by atoms with Gasteiger partial charge in [-0.2, -0.15) is 0 Å². The number of aromatic nitrogens is 1. The molecule has 1 heterocycles. The largest absolute Gasteiger partial charge is 0.462 e. The Labute approximate surface area is 147 Å². The smallest absolute Gasteiger partial charge is 0.338 e. The van der Waals surface area contributed by atoms with Gasteiger partial charge in [0.1, 0.15) is 5.60 Å². The molecule has 2 aliphatic carbocycles. The molecule has 25 heavy (non-hydrogen) atoms. The normalized spacial score (nSPS) is 16.4. The highest BCUT2D eigenvalue weighted by Gasteiger charge is 2.32. The number of nitrogens with zero attached hydrogens (tertiary/aromatic N) is 1. The van der Waals surface area contributed by atoms with Gasteiger partial charge >= 0.3 is 5.97 Å². The number of pyridine rings is 1. The van der Waals surface area contributed by atoms with Gasteiger partial charge in [-0.15, -0.1) is 0 Å². The van der Waals surface area contributed by atoms with Crippen LogP contribution in [0.25, 0.3) is 5.57 Å². The molecule has 1 aromatic heterocycles. The number of aliphatic hydroxyl groups is 1. The van der Waals surface area contributed by atoms with Gasteiger partial charge in [0.25, 0.3) is 5.56 Å². The minimum atomic E-state index is -1.16. The average Bonchev–Trinajstić information content (AvgIpc) is 3.28. The summed E-state index contributed by atoms with van der Waals surface area (Å²) in [6.45, 7) is 5.46. The molecule has 1 N–H and O–H groups in total. The van der Waals surface area contributed by atoms with Crippen LogP contribution in [0.15, 0.2) is 16.6 Å². The number of ether oxygens (including phenoxy) is 1. The van der Waals surface area contributed by atoms with Crippen molar-refractivity contribution in [2.75, 3.05) is 6.61 Å². The number of hydrogen-bond donors (Lipinski definition) is 1. The van der Waals surface area contributed by atoms with Crippen LogP contribution in [0.3, 0.4) is 0 Å². The maximum Gasteiger partial charge on any atom is 0.338 e. The molecule has 5 heteroatoms. The highest BCUT2D eigenvalue weighted by Crippen LogP contribution is 2.35. The number of allylic oxidation sites excluding steroid dienone is 1. The third-order valence-corrected chi connectivity index (χ3v) is 4.45. The predicted molar refractivity (Wildman–Crippen MR) is 94.8 cm³/mol. The maximum absolute atomic E-state index is 12.6. The molecule has 1 aromatic rings. The van der Waals surface area contributed by atoms with Crippen molar-refractivity contribution in [3.05, 3.63) is 38.8 Å². The van der Waals surface area contributed by atoms with Crippen LogP contribution in [0.5, 0.6) is 0 Å².